The molecule has 11 heterocycles. The SMILES string of the molecule is C#Cc1ccc(CCc2cnccc2C(=O)O)cc1.CN(C)c1ccc(CCc2cnccc2C(=O)O)cc1.Cc1ccc(CCc2cnccc2C(=O)O)c(Cl)c1.O=C(O)c1ccncc1CCC1COc2ccccc2O1.O=C(O)c1ccncc1CCC1Cc2ccccc2O1.O=C(O)c1ccncc1CCc1ccc2occc2c1.O=C(O)c1ccncc1CCc1coc2ccccc12. The molecule has 2 atom stereocenters. The first kappa shape index (κ1) is 101. The van der Waals surface area contributed by atoms with Crippen molar-refractivity contribution in [1.82, 2.24) is 34.9 Å². The van der Waals surface area contributed by atoms with Crippen molar-refractivity contribution >= 4 is 81.0 Å². The molecule has 0 bridgehead atoms. The zero-order chi connectivity index (χ0) is 98.5. The van der Waals surface area contributed by atoms with Crippen LogP contribution in [0.3, 0.4) is 0 Å². The van der Waals surface area contributed by atoms with Crippen molar-refractivity contribution < 1.29 is 92.4 Å². The Kier molecular flexibility index (Phi) is 37.0. The highest BCUT2D eigenvalue weighted by Crippen LogP contribution is 2.34. The van der Waals surface area contributed by atoms with Crippen LogP contribution in [0.25, 0.3) is 21.9 Å². The highest BCUT2D eigenvalue weighted by atomic mass is 35.5. The Morgan fingerprint density at radius 2 is 0.755 bits per heavy atom. The number of benzene rings is 7. The van der Waals surface area contributed by atoms with Gasteiger partial charge in [-0.25, -0.2) is 33.6 Å². The number of carboxylic acid groups (broad SMARTS) is 7. The average Bonchev–Trinajstić information content (AvgIpc) is 1.60. The molecule has 7 N–H and O–H groups in total. The van der Waals surface area contributed by atoms with E-state index in [-0.39, 0.29) is 12.2 Å². The van der Waals surface area contributed by atoms with Crippen LogP contribution in [-0.2, 0) is 83.5 Å². The summed E-state index contributed by atoms with van der Waals surface area (Å²) in [4.78, 5) is 108. The number of fused-ring (bicyclic) bond motifs is 4. The van der Waals surface area contributed by atoms with Gasteiger partial charge in [0.05, 0.1) is 51.5 Å². The first-order chi connectivity index (χ1) is 67.3. The van der Waals surface area contributed by atoms with Crippen molar-refractivity contribution in [3.05, 3.63) is 433 Å². The Bertz CT molecular complexity index is 6930. The minimum absolute atomic E-state index is 0.0817. The van der Waals surface area contributed by atoms with E-state index in [1.807, 2.05) is 153 Å². The van der Waals surface area contributed by atoms with Crippen molar-refractivity contribution in [2.45, 2.75) is 115 Å². The summed E-state index contributed by atoms with van der Waals surface area (Å²) in [5.74, 6) is -1.40. The third kappa shape index (κ3) is 29.8. The first-order valence-electron chi connectivity index (χ1n) is 44.6. The number of carboxylic acids is 7. The van der Waals surface area contributed by atoms with Gasteiger partial charge < -0.3 is 63.7 Å². The number of aryl methyl sites for hydroxylation is 13. The van der Waals surface area contributed by atoms with Gasteiger partial charge in [-0.1, -0.05) is 109 Å². The smallest absolute Gasteiger partial charge is 0.336 e. The molecule has 0 saturated heterocycles. The summed E-state index contributed by atoms with van der Waals surface area (Å²) < 4.78 is 28.1. The minimum Gasteiger partial charge on any atom is -0.490 e. The molecule has 16 aromatic rings. The van der Waals surface area contributed by atoms with E-state index in [0.29, 0.717) is 109 Å². The molecule has 0 fully saturated rings. The fraction of sp³-hybridized carbons (Fsp3) is 0.189. The fourth-order valence-electron chi connectivity index (χ4n) is 15.5. The van der Waals surface area contributed by atoms with E-state index in [1.165, 1.54) is 84.8 Å². The molecule has 18 rings (SSSR count). The Morgan fingerprint density at radius 1 is 0.374 bits per heavy atom. The molecule has 0 radical (unpaired) electrons. The van der Waals surface area contributed by atoms with Crippen LogP contribution in [0.15, 0.2) is 314 Å². The largest absolute Gasteiger partial charge is 0.490 e. The van der Waals surface area contributed by atoms with Crippen LogP contribution in [0.2, 0.25) is 5.02 Å². The Labute approximate surface area is 807 Å². The first-order valence-corrected chi connectivity index (χ1v) is 45.0. The number of furan rings is 2. The molecular weight excluding hydrogens is 1780 g/mol. The van der Waals surface area contributed by atoms with E-state index >= 15 is 0 Å². The summed E-state index contributed by atoms with van der Waals surface area (Å²) in [5.41, 5.74) is 19.1. The van der Waals surface area contributed by atoms with Crippen LogP contribution in [0.5, 0.6) is 17.2 Å². The normalized spacial score (nSPS) is 12.2. The lowest BCUT2D eigenvalue weighted by Gasteiger charge is -2.26. The van der Waals surface area contributed by atoms with Gasteiger partial charge in [0.15, 0.2) is 11.5 Å². The van der Waals surface area contributed by atoms with E-state index in [0.717, 1.165) is 155 Å². The number of carbonyl (C=O) groups is 7. The van der Waals surface area contributed by atoms with E-state index in [4.69, 9.17) is 76.8 Å². The van der Waals surface area contributed by atoms with Gasteiger partial charge in [-0.15, -0.1) is 6.42 Å². The number of hydrogen-bond donors (Lipinski definition) is 7. The van der Waals surface area contributed by atoms with E-state index in [1.54, 1.807) is 68.0 Å². The average molecular weight is 1890 g/mol. The molecule has 28 heteroatoms. The second-order valence-electron chi connectivity index (χ2n) is 32.5. The van der Waals surface area contributed by atoms with E-state index in [2.05, 4.69) is 77.2 Å². The lowest BCUT2D eigenvalue weighted by Crippen LogP contribution is -2.29. The van der Waals surface area contributed by atoms with Gasteiger partial charge in [0.25, 0.3) is 0 Å². The standard InChI is InChI=1S/C16H18N2O2.C16H15NO4.2C16H13NO3.C16H15NO3.C16H13NO2.C15H14ClNO2/c1-18(2)14-7-4-12(5-8-14)3-6-13-11-17-10-9-15(13)16(19)20;18-16(19)13-7-8-17-9-11(13)5-6-12-10-20-14-3-1-2-4-15(14)21-12;18-16(19)14-5-7-17-10-13(14)3-1-11-2-4-15-12(9-11)6-8-20-15;18-16(19)14-7-8-17-9-11(14)5-6-12-10-20-15-4-2-1-3-13(12)15;18-16(19)14-7-8-17-10-12(14)5-6-13-9-11-3-1-2-4-15(11)20-13;1-2-12-3-5-13(6-4-12)7-8-14-11-17-10-9-15(14)16(18)19;1-10-2-3-11(14(16)8-10)4-5-12-9-17-7-6-13(12)15(18)19/h4-5,7-11H,3,6H2,1-2H3,(H,19,20);1-4,7-9,12H,5-6,10H2,(H,18,19);2,4-10H,1,3H2,(H,18,19);1-4,7-10H,5-6H2,(H,18,19);1-4,7-8,10,13H,5-6,9H2,(H,18,19);1,3-6,9-11H,7-8H2,(H,18,19);2-3,6-9H,4-5H2,1H3,(H,18,19). The van der Waals surface area contributed by atoms with Crippen LogP contribution in [0, 0.1) is 19.3 Å². The van der Waals surface area contributed by atoms with Gasteiger partial charge in [-0.3, -0.25) is 34.9 Å². The van der Waals surface area contributed by atoms with Crippen LogP contribution in [-0.4, -0.2) is 145 Å². The predicted octanol–water partition coefficient (Wildman–Crippen LogP) is 20.6. The minimum atomic E-state index is -0.932. The van der Waals surface area contributed by atoms with Gasteiger partial charge in [0.1, 0.15) is 35.7 Å². The summed E-state index contributed by atoms with van der Waals surface area (Å²) in [7, 11) is 4.01. The van der Waals surface area contributed by atoms with Crippen molar-refractivity contribution in [1.29, 1.82) is 0 Å². The van der Waals surface area contributed by atoms with Crippen LogP contribution >= 0.6 is 11.6 Å². The van der Waals surface area contributed by atoms with Crippen molar-refractivity contribution in [2.75, 3.05) is 25.6 Å². The summed E-state index contributed by atoms with van der Waals surface area (Å²) >= 11 is 6.17. The molecule has 7 aromatic carbocycles. The van der Waals surface area contributed by atoms with Gasteiger partial charge in [-0.05, 0) is 290 Å². The number of para-hydroxylation sites is 4. The molecule has 139 heavy (non-hydrogen) atoms. The molecule has 0 spiro atoms. The zero-order valence-electron chi connectivity index (χ0n) is 76.4. The number of ether oxygens (including phenoxy) is 3. The molecule has 2 aliphatic heterocycles. The maximum atomic E-state index is 11.2. The van der Waals surface area contributed by atoms with Gasteiger partial charge in [0, 0.05) is 134 Å². The number of rotatable bonds is 29. The molecule has 0 saturated carbocycles. The zero-order valence-corrected chi connectivity index (χ0v) is 77.2. The number of aromatic carboxylic acids is 7. The fourth-order valence-corrected chi connectivity index (χ4v) is 15.8. The van der Waals surface area contributed by atoms with Gasteiger partial charge >= 0.3 is 41.8 Å². The Hall–Kier alpha value is -17.0. The number of aromatic nitrogens is 7. The molecular formula is C111H101ClN8O19. The highest BCUT2D eigenvalue weighted by molar-refractivity contribution is 6.31. The number of halogens is 1. The summed E-state index contributed by atoms with van der Waals surface area (Å²) in [6, 6.07) is 63.9. The number of nitrogens with zero attached hydrogens (tertiary/aromatic N) is 8. The van der Waals surface area contributed by atoms with Gasteiger partial charge in [-0.2, -0.15) is 0 Å². The quantitative estimate of drug-likeness (QED) is 0.0214. The molecule has 0 amide bonds. The third-order valence-electron chi connectivity index (χ3n) is 22.9. The van der Waals surface area contributed by atoms with E-state index < -0.39 is 41.8 Å². The number of anilines is 1. The van der Waals surface area contributed by atoms with Crippen LogP contribution < -0.4 is 19.1 Å². The second-order valence-corrected chi connectivity index (χ2v) is 32.9. The van der Waals surface area contributed by atoms with E-state index in [9.17, 15) is 33.6 Å². The molecule has 9 aromatic heterocycles. The predicted molar refractivity (Wildman–Crippen MR) is 527 cm³/mol. The highest BCUT2D eigenvalue weighted by Gasteiger charge is 2.26. The third-order valence-corrected chi connectivity index (χ3v) is 23.3. The molecule has 2 aliphatic rings. The van der Waals surface area contributed by atoms with Crippen LogP contribution in [0.4, 0.5) is 5.69 Å². The maximum Gasteiger partial charge on any atom is 0.336 e. The van der Waals surface area contributed by atoms with Crippen molar-refractivity contribution in [2.24, 2.45) is 0 Å². The van der Waals surface area contributed by atoms with Gasteiger partial charge in [0.2, 0.25) is 0 Å². The topological polar surface area (TPSA) is 409 Å². The van der Waals surface area contributed by atoms with Crippen molar-refractivity contribution in [3.8, 4) is 29.6 Å². The second kappa shape index (κ2) is 50.9. The number of terminal acetylenes is 1. The molecule has 706 valence electrons. The lowest BCUT2D eigenvalue weighted by molar-refractivity contribution is 0.0683. The molecule has 2 unspecified atom stereocenters. The lowest BCUT2D eigenvalue weighted by atomic mass is 10.0. The summed E-state index contributed by atoms with van der Waals surface area (Å²) in [6.45, 7) is 2.46. The van der Waals surface area contributed by atoms with Crippen LogP contribution in [0.1, 0.15) is 169 Å². The molecule has 27 nitrogen and oxygen atoms in total. The maximum absolute atomic E-state index is 11.2. The Morgan fingerprint density at radius 3 is 1.20 bits per heavy atom. The number of hydrogen-bond acceptors (Lipinski definition) is 20. The summed E-state index contributed by atoms with van der Waals surface area (Å²) in [5, 5.41) is 66.7. The molecule has 0 aliphatic carbocycles. The monoisotopic (exact) mass is 1880 g/mol. The van der Waals surface area contributed by atoms with Crippen molar-refractivity contribution in [3.63, 3.8) is 0 Å². The Balaban J connectivity index is 0.000000145. The summed E-state index contributed by atoms with van der Waals surface area (Å²) in [6.07, 6.45) is 41.1. The number of pyridine rings is 7.